The fourth-order valence-electron chi connectivity index (χ4n) is 0. The third-order valence-electron chi connectivity index (χ3n) is 0. The lowest BCUT2D eigenvalue weighted by molar-refractivity contribution is 0.493. The molecule has 0 amide bonds. The van der Waals surface area contributed by atoms with E-state index in [4.69, 9.17) is 8.76 Å². The van der Waals surface area contributed by atoms with Gasteiger partial charge in [0.1, 0.15) is 11.5 Å². The second kappa shape index (κ2) is 1.37. The van der Waals surface area contributed by atoms with Gasteiger partial charge in [0.2, 0.25) is 0 Å². The predicted molar refractivity (Wildman–Crippen MR) is 10.0 cm³/mol. The number of halogens is 1. The van der Waals surface area contributed by atoms with Crippen LogP contribution in [0.25, 0.3) is 0 Å². The van der Waals surface area contributed by atoms with Crippen molar-refractivity contribution in [2.75, 3.05) is 0 Å². The fourth-order valence-corrected chi connectivity index (χ4v) is 0. The van der Waals surface area contributed by atoms with E-state index >= 15 is 0 Å². The number of hydrogen-bond acceptors (Lipinski definition) is 2. The Labute approximate surface area is 25.2 Å². The highest BCUT2D eigenvalue weighted by Gasteiger charge is 1.48. The van der Waals surface area contributed by atoms with Crippen molar-refractivity contribution in [2.45, 2.75) is 0 Å². The Bertz CT molecular complexity index is 29.0. The third-order valence-corrected chi connectivity index (χ3v) is 0. The Morgan fingerprint density at radius 2 is 2.00 bits per heavy atom. The van der Waals surface area contributed by atoms with E-state index in [-0.39, 0.29) is 0 Å². The van der Waals surface area contributed by atoms with E-state index in [9.17, 15) is 3.89 Å². The Balaban J connectivity index is 2.80. The van der Waals surface area contributed by atoms with Crippen LogP contribution in [0.1, 0.15) is 0 Å². The van der Waals surface area contributed by atoms with Crippen LogP contribution in [0.5, 0.6) is 0 Å². The van der Waals surface area contributed by atoms with Crippen molar-refractivity contribution in [1.29, 1.82) is 0 Å². The summed E-state index contributed by atoms with van der Waals surface area (Å²) in [6, 6.07) is 0. The topological polar surface area (TPSA) is 40.1 Å². The lowest BCUT2D eigenvalue weighted by Gasteiger charge is -1.78. The van der Waals surface area contributed by atoms with Crippen LogP contribution < -0.4 is 0 Å². The first kappa shape index (κ1) is 4.04. The molecule has 0 aromatic rings. The van der Waals surface area contributed by atoms with Gasteiger partial charge in [0.15, 0.2) is 0 Å². The Morgan fingerprint density at radius 1 is 2.00 bits per heavy atom. The normalized spacial score (nSPS) is 15.5. The molecule has 26 valence electrons. The van der Waals surface area contributed by atoms with Crippen LogP contribution in [0.4, 0.5) is 3.89 Å². The van der Waals surface area contributed by atoms with Crippen molar-refractivity contribution >= 4 is 11.5 Å². The molecule has 0 heterocycles. The number of rotatable bonds is 0. The maximum Gasteiger partial charge on any atom is 0.132 e. The highest BCUT2D eigenvalue weighted by atomic mass is 32.2. The highest BCUT2D eigenvalue weighted by molar-refractivity contribution is 7.73. The standard InChI is InChI=1S/FHO2S/c1-4(2)3/h(H,2,3)/p-1. The third kappa shape index (κ3) is 1380. The predicted octanol–water partition coefficient (Wildman–Crippen LogP) is -0.250. The van der Waals surface area contributed by atoms with Crippen molar-refractivity contribution in [1.82, 2.24) is 0 Å². The minimum absolute atomic E-state index is 3.36. The summed E-state index contributed by atoms with van der Waals surface area (Å²) < 4.78 is 26.6. The van der Waals surface area contributed by atoms with Gasteiger partial charge in [0.25, 0.3) is 0 Å². The summed E-state index contributed by atoms with van der Waals surface area (Å²) in [5, 5.41) is 0. The van der Waals surface area contributed by atoms with Gasteiger partial charge in [-0.05, 0) is 0 Å². The molecule has 0 saturated carbocycles. The molecule has 0 rings (SSSR count). The van der Waals surface area contributed by atoms with Crippen molar-refractivity contribution in [2.24, 2.45) is 0 Å². The molecular weight excluding hydrogens is 83.1 g/mol. The zero-order chi connectivity index (χ0) is 3.58. The lowest BCUT2D eigenvalue weighted by Crippen LogP contribution is -1.64. The molecular formula is FO2S-. The first-order chi connectivity index (χ1) is 1.73. The van der Waals surface area contributed by atoms with Crippen LogP contribution in [0.3, 0.4) is 0 Å². The van der Waals surface area contributed by atoms with Gasteiger partial charge in [-0.1, -0.05) is 0 Å². The molecule has 0 aromatic carbocycles. The molecule has 1 unspecified atom stereocenters. The summed E-state index contributed by atoms with van der Waals surface area (Å²) in [6.07, 6.45) is 0. The second-order valence-corrected chi connectivity index (χ2v) is 0.582. The molecule has 1 atom stereocenters. The molecule has 0 bridgehead atoms. The minimum atomic E-state index is -3.36. The van der Waals surface area contributed by atoms with Crippen molar-refractivity contribution < 1.29 is 12.6 Å². The van der Waals surface area contributed by atoms with Crippen molar-refractivity contribution in [3.05, 3.63) is 0 Å². The quantitative estimate of drug-likeness (QED) is 0.299. The average molecular weight is 83.1 g/mol. The smallest absolute Gasteiger partial charge is 0.132 e. The van der Waals surface area contributed by atoms with Crippen LogP contribution in [-0.4, -0.2) is 8.76 Å². The molecule has 0 radical (unpaired) electrons. The van der Waals surface area contributed by atoms with E-state index in [0.717, 1.165) is 0 Å². The monoisotopic (exact) mass is 83.0 g/mol. The van der Waals surface area contributed by atoms with Gasteiger partial charge in [0.05, 0.1) is 0 Å². The lowest BCUT2D eigenvalue weighted by atomic mass is 15.9. The zero-order valence-corrected chi connectivity index (χ0v) is 2.42. The van der Waals surface area contributed by atoms with Gasteiger partial charge >= 0.3 is 0 Å². The molecule has 2 nitrogen and oxygen atoms in total. The van der Waals surface area contributed by atoms with Crippen molar-refractivity contribution in [3.8, 4) is 0 Å². The summed E-state index contributed by atoms with van der Waals surface area (Å²) in [7, 11) is 0. The van der Waals surface area contributed by atoms with Gasteiger partial charge in [-0.15, -0.1) is 3.89 Å². The molecule has 0 N–H and O–H groups in total. The van der Waals surface area contributed by atoms with Gasteiger partial charge in [-0.2, -0.15) is 0 Å². The molecule has 0 aliphatic rings. The van der Waals surface area contributed by atoms with Crippen LogP contribution in [0.15, 0.2) is 0 Å². The van der Waals surface area contributed by atoms with Crippen LogP contribution >= 0.6 is 0 Å². The van der Waals surface area contributed by atoms with Crippen LogP contribution in [0, 0.1) is 0 Å². The Kier molecular flexibility index (Phi) is 1.38. The van der Waals surface area contributed by atoms with Gasteiger partial charge in [0, 0.05) is 0 Å². The highest BCUT2D eigenvalue weighted by Crippen LogP contribution is 1.61. The first-order valence-electron chi connectivity index (χ1n) is 0.488. The maximum absolute atomic E-state index is 9.92. The van der Waals surface area contributed by atoms with E-state index in [1.54, 1.807) is 0 Å². The SMILES string of the molecule is O=S([O-])F. The summed E-state index contributed by atoms with van der Waals surface area (Å²) in [5.74, 6) is 0. The summed E-state index contributed by atoms with van der Waals surface area (Å²) in [6.45, 7) is 0. The largest absolute Gasteiger partial charge is 0.746 e. The molecule has 0 saturated heterocycles. The summed E-state index contributed by atoms with van der Waals surface area (Å²) in [4.78, 5) is 0. The van der Waals surface area contributed by atoms with E-state index in [1.807, 2.05) is 0 Å². The molecule has 0 fully saturated rings. The second-order valence-electron chi connectivity index (χ2n) is 0.194. The molecule has 4 heteroatoms. The maximum atomic E-state index is 9.92. The van der Waals surface area contributed by atoms with E-state index in [1.165, 1.54) is 0 Å². The van der Waals surface area contributed by atoms with Crippen molar-refractivity contribution in [3.63, 3.8) is 0 Å². The minimum Gasteiger partial charge on any atom is -0.746 e. The fraction of sp³-hybridized carbons (Fsp3) is 0. The van der Waals surface area contributed by atoms with Crippen LogP contribution in [-0.2, 0) is 11.5 Å². The molecule has 4 heavy (non-hydrogen) atoms. The molecule has 0 aliphatic carbocycles. The van der Waals surface area contributed by atoms with E-state index in [0.29, 0.717) is 0 Å². The van der Waals surface area contributed by atoms with Gasteiger partial charge in [-0.3, -0.25) is 0 Å². The molecule has 0 aliphatic heterocycles. The average Bonchev–Trinajstić information content (AvgIpc) is 0.811. The van der Waals surface area contributed by atoms with Crippen LogP contribution in [0.2, 0.25) is 0 Å². The van der Waals surface area contributed by atoms with Gasteiger partial charge < -0.3 is 4.55 Å². The number of hydrogen-bond donors (Lipinski definition) is 0. The first-order valence-corrected chi connectivity index (χ1v) is 1.46. The zero-order valence-electron chi connectivity index (χ0n) is 1.60. The Hall–Kier alpha value is 0.0400. The van der Waals surface area contributed by atoms with E-state index < -0.39 is 11.5 Å². The molecule has 0 aromatic heterocycles. The summed E-state index contributed by atoms with van der Waals surface area (Å²) in [5.41, 5.74) is 0. The Morgan fingerprint density at radius 3 is 2.00 bits per heavy atom. The van der Waals surface area contributed by atoms with Gasteiger partial charge in [-0.25, -0.2) is 4.21 Å². The molecule has 0 spiro atoms. The summed E-state index contributed by atoms with van der Waals surface area (Å²) >= 11 is -3.36. The van der Waals surface area contributed by atoms with E-state index in [2.05, 4.69) is 0 Å².